The topological polar surface area (TPSA) is 49.4 Å². The van der Waals surface area contributed by atoms with Crippen LogP contribution >= 0.6 is 0 Å². The van der Waals surface area contributed by atoms with Gasteiger partial charge in [0.15, 0.2) is 0 Å². The minimum atomic E-state index is -4.57. The number of rotatable bonds is 7. The van der Waals surface area contributed by atoms with Gasteiger partial charge in [-0.3, -0.25) is 9.59 Å². The van der Waals surface area contributed by atoms with Crippen LogP contribution in [0.25, 0.3) is 0 Å². The molecule has 2 rings (SSSR count). The molecular weight excluding hydrogens is 357 g/mol. The van der Waals surface area contributed by atoms with Gasteiger partial charge in [0, 0.05) is 26.4 Å². The second-order valence-corrected chi connectivity index (χ2v) is 6.02. The third kappa shape index (κ3) is 6.13. The zero-order valence-corrected chi connectivity index (χ0v) is 14.9. The van der Waals surface area contributed by atoms with Crippen molar-refractivity contribution in [2.75, 3.05) is 18.0 Å². The number of carbonyl (C=O) groups is 2. The van der Waals surface area contributed by atoms with Crippen molar-refractivity contribution in [2.24, 2.45) is 0 Å². The van der Waals surface area contributed by atoms with E-state index in [1.54, 1.807) is 0 Å². The van der Waals surface area contributed by atoms with Crippen LogP contribution in [-0.2, 0) is 22.2 Å². The maximum Gasteiger partial charge on any atom is 0.418 e. The van der Waals surface area contributed by atoms with Gasteiger partial charge in [0.1, 0.15) is 0 Å². The molecule has 27 heavy (non-hydrogen) atoms. The van der Waals surface area contributed by atoms with E-state index in [4.69, 9.17) is 0 Å². The lowest BCUT2D eigenvalue weighted by Crippen LogP contribution is -2.38. The molecule has 2 aromatic carbocycles. The van der Waals surface area contributed by atoms with Gasteiger partial charge in [0.2, 0.25) is 11.8 Å². The minimum Gasteiger partial charge on any atom is -0.354 e. The fourth-order valence-electron chi connectivity index (χ4n) is 2.69. The van der Waals surface area contributed by atoms with Crippen LogP contribution in [0.15, 0.2) is 54.6 Å². The highest BCUT2D eigenvalue weighted by atomic mass is 19.4. The molecule has 144 valence electrons. The molecule has 1 N–H and O–H groups in total. The van der Waals surface area contributed by atoms with Crippen LogP contribution in [0.2, 0.25) is 0 Å². The monoisotopic (exact) mass is 378 g/mol. The number of benzene rings is 2. The van der Waals surface area contributed by atoms with Gasteiger partial charge >= 0.3 is 6.18 Å². The Morgan fingerprint density at radius 3 is 2.26 bits per heavy atom. The van der Waals surface area contributed by atoms with Gasteiger partial charge in [0.05, 0.1) is 11.3 Å². The van der Waals surface area contributed by atoms with Crippen LogP contribution in [0.5, 0.6) is 0 Å². The molecule has 0 heterocycles. The van der Waals surface area contributed by atoms with Crippen LogP contribution in [0, 0.1) is 0 Å². The normalized spacial score (nSPS) is 11.1. The summed E-state index contributed by atoms with van der Waals surface area (Å²) < 4.78 is 39.5. The molecule has 0 saturated heterocycles. The molecule has 0 saturated carbocycles. The van der Waals surface area contributed by atoms with Crippen LogP contribution in [-0.4, -0.2) is 24.9 Å². The fourth-order valence-corrected chi connectivity index (χ4v) is 2.69. The summed E-state index contributed by atoms with van der Waals surface area (Å²) in [4.78, 5) is 24.8. The van der Waals surface area contributed by atoms with Crippen molar-refractivity contribution in [1.82, 2.24) is 5.32 Å². The Balaban J connectivity index is 1.94. The quantitative estimate of drug-likeness (QED) is 0.797. The van der Waals surface area contributed by atoms with Crippen LogP contribution < -0.4 is 10.2 Å². The number of anilines is 1. The lowest BCUT2D eigenvalue weighted by atomic mass is 10.1. The van der Waals surface area contributed by atoms with Gasteiger partial charge in [-0.2, -0.15) is 13.2 Å². The van der Waals surface area contributed by atoms with E-state index >= 15 is 0 Å². The second-order valence-electron chi connectivity index (χ2n) is 6.02. The van der Waals surface area contributed by atoms with E-state index < -0.39 is 17.6 Å². The van der Waals surface area contributed by atoms with Crippen molar-refractivity contribution in [3.05, 3.63) is 65.7 Å². The molecule has 2 aromatic rings. The number of carbonyl (C=O) groups excluding carboxylic acids is 2. The molecule has 0 aliphatic rings. The van der Waals surface area contributed by atoms with Crippen molar-refractivity contribution in [3.8, 4) is 0 Å². The minimum absolute atomic E-state index is 0.0422. The average molecular weight is 378 g/mol. The summed E-state index contributed by atoms with van der Waals surface area (Å²) in [6.07, 6.45) is -3.73. The Hall–Kier alpha value is -2.83. The molecule has 0 aliphatic heterocycles. The lowest BCUT2D eigenvalue weighted by Gasteiger charge is -2.25. The molecule has 0 aromatic heterocycles. The van der Waals surface area contributed by atoms with Gasteiger partial charge in [-0.15, -0.1) is 0 Å². The molecule has 0 bridgehead atoms. The standard InChI is InChI=1S/C20H21F3N2O2/c1-15(26)25(18-10-6-5-9-17(18)20(21,22)23)14-13-24-19(27)12-11-16-7-3-2-4-8-16/h2-10H,11-14H2,1H3,(H,24,27). The number of amides is 2. The molecule has 0 aliphatic carbocycles. The maximum atomic E-state index is 13.2. The highest BCUT2D eigenvalue weighted by Crippen LogP contribution is 2.36. The van der Waals surface area contributed by atoms with Crippen molar-refractivity contribution < 1.29 is 22.8 Å². The summed E-state index contributed by atoms with van der Waals surface area (Å²) in [7, 11) is 0. The van der Waals surface area contributed by atoms with E-state index in [1.165, 1.54) is 25.1 Å². The van der Waals surface area contributed by atoms with Crippen LogP contribution in [0.1, 0.15) is 24.5 Å². The maximum absolute atomic E-state index is 13.2. The van der Waals surface area contributed by atoms with Crippen molar-refractivity contribution in [1.29, 1.82) is 0 Å². The SMILES string of the molecule is CC(=O)N(CCNC(=O)CCc1ccccc1)c1ccccc1C(F)(F)F. The number of para-hydroxylation sites is 1. The second kappa shape index (κ2) is 9.21. The Morgan fingerprint density at radius 2 is 1.63 bits per heavy atom. The summed E-state index contributed by atoms with van der Waals surface area (Å²) >= 11 is 0. The summed E-state index contributed by atoms with van der Waals surface area (Å²) in [6, 6.07) is 14.4. The first-order valence-corrected chi connectivity index (χ1v) is 8.54. The van der Waals surface area contributed by atoms with Crippen LogP contribution in [0.3, 0.4) is 0 Å². The third-order valence-electron chi connectivity index (χ3n) is 4.02. The predicted octanol–water partition coefficient (Wildman–Crippen LogP) is 3.81. The molecule has 0 spiro atoms. The number of halogens is 3. The lowest BCUT2D eigenvalue weighted by molar-refractivity contribution is -0.137. The van der Waals surface area contributed by atoms with E-state index in [-0.39, 0.29) is 31.1 Å². The number of alkyl halides is 3. The number of hydrogen-bond donors (Lipinski definition) is 1. The molecule has 7 heteroatoms. The average Bonchev–Trinajstić information content (AvgIpc) is 2.63. The molecule has 0 radical (unpaired) electrons. The molecule has 0 fully saturated rings. The Labute approximate surface area is 156 Å². The molecule has 4 nitrogen and oxygen atoms in total. The van der Waals surface area contributed by atoms with Crippen molar-refractivity contribution in [2.45, 2.75) is 25.9 Å². The number of nitrogens with zero attached hydrogens (tertiary/aromatic N) is 1. The van der Waals surface area contributed by atoms with E-state index in [9.17, 15) is 22.8 Å². The summed E-state index contributed by atoms with van der Waals surface area (Å²) in [5.74, 6) is -0.739. The molecule has 0 unspecified atom stereocenters. The van der Waals surface area contributed by atoms with Gasteiger partial charge in [-0.25, -0.2) is 0 Å². The molecule has 0 atom stereocenters. The van der Waals surface area contributed by atoms with Crippen LogP contribution in [0.4, 0.5) is 18.9 Å². The van der Waals surface area contributed by atoms with E-state index in [0.29, 0.717) is 6.42 Å². The largest absolute Gasteiger partial charge is 0.418 e. The van der Waals surface area contributed by atoms with Gasteiger partial charge in [0.25, 0.3) is 0 Å². The number of nitrogens with one attached hydrogen (secondary N) is 1. The fraction of sp³-hybridized carbons (Fsp3) is 0.300. The van der Waals surface area contributed by atoms with E-state index in [1.807, 2.05) is 30.3 Å². The number of aryl methyl sites for hydroxylation is 1. The third-order valence-corrected chi connectivity index (χ3v) is 4.02. The molecule has 2 amide bonds. The Kier molecular flexibility index (Phi) is 6.98. The highest BCUT2D eigenvalue weighted by molar-refractivity contribution is 5.92. The van der Waals surface area contributed by atoms with Crippen molar-refractivity contribution >= 4 is 17.5 Å². The van der Waals surface area contributed by atoms with Gasteiger partial charge in [-0.05, 0) is 24.1 Å². The summed E-state index contributed by atoms with van der Waals surface area (Å²) in [5, 5.41) is 2.65. The Bertz CT molecular complexity index is 776. The highest BCUT2D eigenvalue weighted by Gasteiger charge is 2.35. The summed E-state index contributed by atoms with van der Waals surface area (Å²) in [5.41, 5.74) is -0.0660. The van der Waals surface area contributed by atoms with E-state index in [0.717, 1.165) is 16.5 Å². The van der Waals surface area contributed by atoms with Crippen molar-refractivity contribution in [3.63, 3.8) is 0 Å². The smallest absolute Gasteiger partial charge is 0.354 e. The Morgan fingerprint density at radius 1 is 1.00 bits per heavy atom. The molecular formula is C20H21F3N2O2. The first kappa shape index (κ1) is 20.5. The number of hydrogen-bond acceptors (Lipinski definition) is 2. The zero-order valence-electron chi connectivity index (χ0n) is 14.9. The van der Waals surface area contributed by atoms with Gasteiger partial charge < -0.3 is 10.2 Å². The summed E-state index contributed by atoms with van der Waals surface area (Å²) in [6.45, 7) is 1.23. The van der Waals surface area contributed by atoms with Gasteiger partial charge in [-0.1, -0.05) is 42.5 Å². The van der Waals surface area contributed by atoms with E-state index in [2.05, 4.69) is 5.32 Å². The first-order valence-electron chi connectivity index (χ1n) is 8.54. The predicted molar refractivity (Wildman–Crippen MR) is 97.2 cm³/mol. The first-order chi connectivity index (χ1) is 12.8. The zero-order chi connectivity index (χ0) is 19.9.